The predicted octanol–water partition coefficient (Wildman–Crippen LogP) is 4.85. The first-order chi connectivity index (χ1) is 10.7. The second-order valence-corrected chi connectivity index (χ2v) is 5.13. The third-order valence-corrected chi connectivity index (χ3v) is 1.90. The molecule has 0 radical (unpaired) electrons. The van der Waals surface area contributed by atoms with Crippen molar-refractivity contribution >= 4 is 12.0 Å². The lowest BCUT2D eigenvalue weighted by Gasteiger charge is -2.21. The molecule has 23 heavy (non-hydrogen) atoms. The van der Waals surface area contributed by atoms with Gasteiger partial charge in [-0.05, 0) is 34.6 Å². The second kappa shape index (κ2) is 20.7. The maximum Gasteiger partial charge on any atom is 0.408 e. The third kappa shape index (κ3) is 26.0. The predicted molar refractivity (Wildman–Crippen MR) is 101 cm³/mol. The van der Waals surface area contributed by atoms with Gasteiger partial charge in [-0.25, -0.2) is 4.79 Å². The van der Waals surface area contributed by atoms with Crippen LogP contribution in [0.1, 0.15) is 82.6 Å². The van der Waals surface area contributed by atoms with Crippen LogP contribution >= 0.6 is 0 Å². The van der Waals surface area contributed by atoms with Gasteiger partial charge in [0.2, 0.25) is 5.91 Å². The quantitative estimate of drug-likeness (QED) is 0.799. The second-order valence-electron chi connectivity index (χ2n) is 5.13. The van der Waals surface area contributed by atoms with Crippen LogP contribution in [0.2, 0.25) is 0 Å². The third-order valence-electron chi connectivity index (χ3n) is 1.90. The molecule has 0 aliphatic rings. The largest absolute Gasteiger partial charge is 0.444 e. The Balaban J connectivity index is -0.000000222. The van der Waals surface area contributed by atoms with E-state index in [1.165, 1.54) is 6.42 Å². The molecule has 0 saturated heterocycles. The highest BCUT2D eigenvalue weighted by Gasteiger charge is 2.17. The molecule has 0 aromatic rings. The fraction of sp³-hybridized carbons (Fsp3) is 0.889. The van der Waals surface area contributed by atoms with Gasteiger partial charge in [0.05, 0.1) is 0 Å². The zero-order valence-electron chi connectivity index (χ0n) is 17.5. The van der Waals surface area contributed by atoms with Gasteiger partial charge in [-0.1, -0.05) is 48.0 Å². The van der Waals surface area contributed by atoms with E-state index in [-0.39, 0.29) is 12.5 Å². The highest BCUT2D eigenvalue weighted by atomic mass is 16.6. The highest BCUT2D eigenvalue weighted by Crippen LogP contribution is 2.06. The Morgan fingerprint density at radius 1 is 0.913 bits per heavy atom. The van der Waals surface area contributed by atoms with Gasteiger partial charge in [-0.15, -0.1) is 0 Å². The van der Waals surface area contributed by atoms with Crippen LogP contribution in [-0.4, -0.2) is 42.1 Å². The summed E-state index contributed by atoms with van der Waals surface area (Å²) >= 11 is 0. The van der Waals surface area contributed by atoms with E-state index in [4.69, 9.17) is 4.74 Å². The average Bonchev–Trinajstić information content (AvgIpc) is 2.49. The lowest BCUT2D eigenvalue weighted by Crippen LogP contribution is -2.41. The molecule has 0 spiro atoms. The van der Waals surface area contributed by atoms with Crippen LogP contribution in [0.15, 0.2) is 0 Å². The van der Waals surface area contributed by atoms with Crippen LogP contribution in [0.5, 0.6) is 0 Å². The molecule has 2 amide bonds. The Hall–Kier alpha value is -1.26. The summed E-state index contributed by atoms with van der Waals surface area (Å²) in [4.78, 5) is 24.4. The van der Waals surface area contributed by atoms with E-state index in [0.717, 1.165) is 0 Å². The summed E-state index contributed by atoms with van der Waals surface area (Å²) in [5.74, 6) is -0.101. The summed E-state index contributed by atoms with van der Waals surface area (Å²) in [5.41, 5.74) is -0.539. The van der Waals surface area contributed by atoms with Crippen molar-refractivity contribution in [2.75, 3.05) is 19.6 Å². The van der Waals surface area contributed by atoms with Crippen molar-refractivity contribution in [2.45, 2.75) is 88.2 Å². The normalized spacial score (nSPS) is 8.83. The molecule has 0 aliphatic heterocycles. The zero-order valence-corrected chi connectivity index (χ0v) is 17.5. The van der Waals surface area contributed by atoms with Gasteiger partial charge in [-0.3, -0.25) is 4.79 Å². The molecule has 0 rings (SSSR count). The number of amides is 2. The number of ether oxygens (including phenoxy) is 1. The first kappa shape index (κ1) is 29.7. The first-order valence-corrected chi connectivity index (χ1v) is 8.96. The van der Waals surface area contributed by atoms with E-state index in [1.807, 2.05) is 41.5 Å². The van der Waals surface area contributed by atoms with Crippen LogP contribution in [0.3, 0.4) is 0 Å². The Kier molecular flexibility index (Phi) is 26.8. The molecule has 5 nitrogen and oxygen atoms in total. The van der Waals surface area contributed by atoms with Gasteiger partial charge in [0.1, 0.15) is 12.1 Å². The fourth-order valence-electron chi connectivity index (χ4n) is 1.15. The van der Waals surface area contributed by atoms with Gasteiger partial charge in [0.25, 0.3) is 0 Å². The molecule has 0 bridgehead atoms. The number of carbonyl (C=O) groups excluding carboxylic acids is 2. The van der Waals surface area contributed by atoms with E-state index >= 15 is 0 Å². The van der Waals surface area contributed by atoms with Crippen molar-refractivity contribution in [1.29, 1.82) is 0 Å². The molecule has 0 heterocycles. The first-order valence-electron chi connectivity index (χ1n) is 8.96. The van der Waals surface area contributed by atoms with E-state index in [1.54, 1.807) is 25.7 Å². The van der Waals surface area contributed by atoms with Crippen molar-refractivity contribution < 1.29 is 14.3 Å². The topological polar surface area (TPSA) is 58.6 Å². The molecule has 142 valence electrons. The smallest absolute Gasteiger partial charge is 0.408 e. The van der Waals surface area contributed by atoms with Crippen LogP contribution in [0.4, 0.5) is 4.79 Å². The molecule has 1 N–H and O–H groups in total. The number of likely N-dealkylation sites (N-methyl/N-ethyl adjacent to an activating group) is 1. The Bertz CT molecular complexity index is 257. The number of nitrogens with zero attached hydrogens (tertiary/aromatic N) is 1. The standard InChI is InChI=1S/C11H22N2O3.C3H8.2C2H6/c1-6-13(7-2)9(14)8-12-10(15)16-11(3,4)5;1-3-2;2*1-2/h6-8H2,1-5H3,(H,12,15);3H2,1-2H3;2*1-2H3. The van der Waals surface area contributed by atoms with Gasteiger partial charge < -0.3 is 15.0 Å². The van der Waals surface area contributed by atoms with Crippen molar-refractivity contribution in [2.24, 2.45) is 0 Å². The molecule has 0 aromatic heterocycles. The minimum absolute atomic E-state index is 0.0173. The average molecular weight is 335 g/mol. The van der Waals surface area contributed by atoms with Gasteiger partial charge in [0.15, 0.2) is 0 Å². The molecule has 0 atom stereocenters. The number of hydrogen-bond acceptors (Lipinski definition) is 3. The molecular formula is C18H42N2O3. The summed E-state index contributed by atoms with van der Waals surface area (Å²) in [7, 11) is 0. The Morgan fingerprint density at radius 2 is 1.26 bits per heavy atom. The number of alkyl carbamates (subject to hydrolysis) is 1. The highest BCUT2D eigenvalue weighted by molar-refractivity contribution is 5.82. The van der Waals surface area contributed by atoms with Crippen molar-refractivity contribution in [3.63, 3.8) is 0 Å². The van der Waals surface area contributed by atoms with E-state index in [9.17, 15) is 9.59 Å². The van der Waals surface area contributed by atoms with E-state index < -0.39 is 11.7 Å². The van der Waals surface area contributed by atoms with Crippen molar-refractivity contribution in [3.05, 3.63) is 0 Å². The molecule has 0 aromatic carbocycles. The van der Waals surface area contributed by atoms with Gasteiger partial charge >= 0.3 is 6.09 Å². The monoisotopic (exact) mass is 334 g/mol. The summed E-state index contributed by atoms with van der Waals surface area (Å²) in [5, 5.41) is 2.44. The van der Waals surface area contributed by atoms with Crippen LogP contribution in [0.25, 0.3) is 0 Å². The number of rotatable bonds is 4. The number of carbonyl (C=O) groups is 2. The van der Waals surface area contributed by atoms with E-state index in [2.05, 4.69) is 19.2 Å². The van der Waals surface area contributed by atoms with E-state index in [0.29, 0.717) is 13.1 Å². The van der Waals surface area contributed by atoms with Crippen LogP contribution < -0.4 is 5.32 Å². The van der Waals surface area contributed by atoms with Crippen molar-refractivity contribution in [1.82, 2.24) is 10.2 Å². The van der Waals surface area contributed by atoms with Crippen LogP contribution in [0, 0.1) is 0 Å². The number of nitrogens with one attached hydrogen (secondary N) is 1. The van der Waals surface area contributed by atoms with Crippen LogP contribution in [-0.2, 0) is 9.53 Å². The van der Waals surface area contributed by atoms with Gasteiger partial charge in [0, 0.05) is 13.1 Å². The SMILES string of the molecule is CC.CC.CCC.CCN(CC)C(=O)CNC(=O)OC(C)(C)C. The Labute approximate surface area is 145 Å². The maximum absolute atomic E-state index is 11.5. The van der Waals surface area contributed by atoms with Crippen molar-refractivity contribution in [3.8, 4) is 0 Å². The molecule has 0 unspecified atom stereocenters. The molecular weight excluding hydrogens is 292 g/mol. The minimum Gasteiger partial charge on any atom is -0.444 e. The molecule has 5 heteroatoms. The lowest BCUT2D eigenvalue weighted by atomic mass is 10.2. The summed E-state index contributed by atoms with van der Waals surface area (Å²) in [6, 6.07) is 0. The summed E-state index contributed by atoms with van der Waals surface area (Å²) < 4.78 is 5.01. The fourth-order valence-corrected chi connectivity index (χ4v) is 1.15. The molecule has 0 fully saturated rings. The molecule has 0 saturated carbocycles. The maximum atomic E-state index is 11.5. The minimum atomic E-state index is -0.562. The number of hydrogen-bond donors (Lipinski definition) is 1. The lowest BCUT2D eigenvalue weighted by molar-refractivity contribution is -0.129. The summed E-state index contributed by atoms with van der Waals surface area (Å²) in [6.45, 7) is 22.6. The summed E-state index contributed by atoms with van der Waals surface area (Å²) in [6.07, 6.45) is 0.688. The molecule has 0 aliphatic carbocycles. The zero-order chi connectivity index (χ0) is 19.5. The van der Waals surface area contributed by atoms with Gasteiger partial charge in [-0.2, -0.15) is 0 Å². The Morgan fingerprint density at radius 3 is 1.52 bits per heavy atom.